The fourth-order valence-corrected chi connectivity index (χ4v) is 2.04. The van der Waals surface area contributed by atoms with Gasteiger partial charge in [0.05, 0.1) is 16.3 Å². The van der Waals surface area contributed by atoms with E-state index >= 15 is 0 Å². The molecular formula is C10H10ClF3N2O3S. The third-order valence-electron chi connectivity index (χ3n) is 2.15. The van der Waals surface area contributed by atoms with Crippen molar-refractivity contribution in [1.29, 1.82) is 0 Å². The summed E-state index contributed by atoms with van der Waals surface area (Å²) in [7, 11) is -3.35. The quantitative estimate of drug-likeness (QED) is 0.917. The van der Waals surface area contributed by atoms with E-state index in [1.165, 1.54) is 0 Å². The Bertz CT molecular complexity index is 617. The van der Waals surface area contributed by atoms with Crippen molar-refractivity contribution in [2.24, 2.45) is 0 Å². The van der Waals surface area contributed by atoms with Crippen LogP contribution in [0.3, 0.4) is 0 Å². The molecule has 0 aromatic carbocycles. The van der Waals surface area contributed by atoms with Crippen molar-refractivity contribution < 1.29 is 26.4 Å². The fourth-order valence-electron chi connectivity index (χ4n) is 1.22. The molecule has 1 amide bonds. The molecule has 20 heavy (non-hydrogen) atoms. The third-order valence-corrected chi connectivity index (χ3v) is 3.48. The number of pyridine rings is 1. The molecule has 1 aromatic rings. The molecule has 1 rings (SSSR count). The number of sulfone groups is 1. The molecule has 0 unspecified atom stereocenters. The lowest BCUT2D eigenvalue weighted by atomic mass is 10.2. The summed E-state index contributed by atoms with van der Waals surface area (Å²) in [6.45, 7) is 0. The molecule has 0 aliphatic heterocycles. The van der Waals surface area contributed by atoms with Gasteiger partial charge in [-0.25, -0.2) is 13.4 Å². The fraction of sp³-hybridized carbons (Fsp3) is 0.400. The Morgan fingerprint density at radius 2 is 2.05 bits per heavy atom. The summed E-state index contributed by atoms with van der Waals surface area (Å²) in [6.07, 6.45) is -3.28. The van der Waals surface area contributed by atoms with Crippen LogP contribution in [0.4, 0.5) is 19.0 Å². The highest BCUT2D eigenvalue weighted by Gasteiger charge is 2.34. The summed E-state index contributed by atoms with van der Waals surface area (Å²) in [6, 6.07) is 0.675. The molecule has 0 radical (unpaired) electrons. The maximum atomic E-state index is 12.6. The lowest BCUT2D eigenvalue weighted by Gasteiger charge is -2.12. The Kier molecular flexibility index (Phi) is 4.98. The average Bonchev–Trinajstić information content (AvgIpc) is 2.27. The van der Waals surface area contributed by atoms with Crippen LogP contribution in [0.5, 0.6) is 0 Å². The SMILES string of the molecule is CS(=O)(=O)CCC(=O)Nc1nccc(C(F)(F)F)c1Cl. The van der Waals surface area contributed by atoms with Crippen LogP contribution in [-0.2, 0) is 20.8 Å². The van der Waals surface area contributed by atoms with Gasteiger partial charge in [0.25, 0.3) is 0 Å². The molecule has 112 valence electrons. The summed E-state index contributed by atoms with van der Waals surface area (Å²) >= 11 is 5.51. The highest BCUT2D eigenvalue weighted by Crippen LogP contribution is 2.37. The van der Waals surface area contributed by atoms with E-state index in [1.54, 1.807) is 0 Å². The molecule has 5 nitrogen and oxygen atoms in total. The van der Waals surface area contributed by atoms with Crippen LogP contribution in [0.2, 0.25) is 5.02 Å². The summed E-state index contributed by atoms with van der Waals surface area (Å²) in [5.41, 5.74) is -1.13. The number of nitrogens with one attached hydrogen (secondary N) is 1. The van der Waals surface area contributed by atoms with Gasteiger partial charge in [-0.2, -0.15) is 13.2 Å². The topological polar surface area (TPSA) is 76.1 Å². The number of hydrogen-bond donors (Lipinski definition) is 1. The molecule has 1 aromatic heterocycles. The number of carbonyl (C=O) groups excluding carboxylic acids is 1. The number of rotatable bonds is 4. The number of hydrogen-bond acceptors (Lipinski definition) is 4. The minimum atomic E-state index is -4.67. The van der Waals surface area contributed by atoms with E-state index in [-0.39, 0.29) is 0 Å². The van der Waals surface area contributed by atoms with Gasteiger partial charge in [-0.1, -0.05) is 11.6 Å². The molecular weight excluding hydrogens is 321 g/mol. The monoisotopic (exact) mass is 330 g/mol. The summed E-state index contributed by atoms with van der Waals surface area (Å²) < 4.78 is 59.4. The van der Waals surface area contributed by atoms with E-state index in [4.69, 9.17) is 11.6 Å². The van der Waals surface area contributed by atoms with Gasteiger partial charge in [0.2, 0.25) is 5.91 Å². The Morgan fingerprint density at radius 1 is 1.45 bits per heavy atom. The van der Waals surface area contributed by atoms with Gasteiger partial charge in [0.1, 0.15) is 9.84 Å². The van der Waals surface area contributed by atoms with Crippen LogP contribution in [0, 0.1) is 0 Å². The Labute approximate surface area is 118 Å². The van der Waals surface area contributed by atoms with E-state index in [1.807, 2.05) is 5.32 Å². The van der Waals surface area contributed by atoms with Crippen molar-refractivity contribution in [2.75, 3.05) is 17.3 Å². The number of alkyl halides is 3. The maximum absolute atomic E-state index is 12.6. The second-order valence-corrected chi connectivity index (χ2v) is 6.58. The standard InChI is InChI=1S/C10H10ClF3N2O3S/c1-20(18,19)5-3-7(17)16-9-8(11)6(2-4-15-9)10(12,13)14/h2,4H,3,5H2,1H3,(H,15,16,17). The van der Waals surface area contributed by atoms with Gasteiger partial charge in [-0.05, 0) is 6.07 Å². The van der Waals surface area contributed by atoms with Gasteiger partial charge in [0, 0.05) is 18.9 Å². The van der Waals surface area contributed by atoms with Gasteiger partial charge in [-0.15, -0.1) is 0 Å². The molecule has 0 aliphatic carbocycles. The lowest BCUT2D eigenvalue weighted by molar-refractivity contribution is -0.137. The van der Waals surface area contributed by atoms with Gasteiger partial charge in [-0.3, -0.25) is 4.79 Å². The molecule has 0 saturated carbocycles. The molecule has 0 saturated heterocycles. The number of anilines is 1. The number of amides is 1. The zero-order valence-corrected chi connectivity index (χ0v) is 11.7. The first-order valence-electron chi connectivity index (χ1n) is 5.20. The Hall–Kier alpha value is -1.35. The normalized spacial score (nSPS) is 12.2. The predicted molar refractivity (Wildman–Crippen MR) is 67.2 cm³/mol. The highest BCUT2D eigenvalue weighted by atomic mass is 35.5. The molecule has 1 N–H and O–H groups in total. The van der Waals surface area contributed by atoms with Crippen molar-refractivity contribution in [3.63, 3.8) is 0 Å². The zero-order chi connectivity index (χ0) is 15.6. The number of halogens is 4. The van der Waals surface area contributed by atoms with Crippen LogP contribution in [-0.4, -0.2) is 31.3 Å². The first-order valence-corrected chi connectivity index (χ1v) is 7.64. The van der Waals surface area contributed by atoms with Crippen LogP contribution in [0.25, 0.3) is 0 Å². The van der Waals surface area contributed by atoms with E-state index in [2.05, 4.69) is 4.98 Å². The molecule has 0 atom stereocenters. The van der Waals surface area contributed by atoms with E-state index in [0.717, 1.165) is 12.5 Å². The van der Waals surface area contributed by atoms with Crippen LogP contribution >= 0.6 is 11.6 Å². The van der Waals surface area contributed by atoms with E-state index < -0.39 is 50.5 Å². The summed E-state index contributed by atoms with van der Waals surface area (Å²) in [5.74, 6) is -1.67. The molecule has 0 aliphatic rings. The smallest absolute Gasteiger partial charge is 0.309 e. The first kappa shape index (κ1) is 16.7. The second kappa shape index (κ2) is 5.96. The van der Waals surface area contributed by atoms with E-state index in [0.29, 0.717) is 6.07 Å². The third kappa shape index (κ3) is 4.97. The van der Waals surface area contributed by atoms with Crippen LogP contribution in [0.1, 0.15) is 12.0 Å². The number of carbonyl (C=O) groups is 1. The van der Waals surface area contributed by atoms with E-state index in [9.17, 15) is 26.4 Å². The zero-order valence-electron chi connectivity index (χ0n) is 10.2. The largest absolute Gasteiger partial charge is 0.418 e. The molecule has 0 spiro atoms. The van der Waals surface area contributed by atoms with Crippen LogP contribution in [0.15, 0.2) is 12.3 Å². The number of aromatic nitrogens is 1. The van der Waals surface area contributed by atoms with Crippen molar-refractivity contribution in [3.8, 4) is 0 Å². The van der Waals surface area contributed by atoms with Crippen molar-refractivity contribution in [2.45, 2.75) is 12.6 Å². The molecule has 0 fully saturated rings. The van der Waals surface area contributed by atoms with Crippen molar-refractivity contribution in [3.05, 3.63) is 22.8 Å². The van der Waals surface area contributed by atoms with Gasteiger partial charge < -0.3 is 5.32 Å². The second-order valence-electron chi connectivity index (χ2n) is 3.95. The predicted octanol–water partition coefficient (Wildman–Crippen LogP) is 2.13. The van der Waals surface area contributed by atoms with Gasteiger partial charge >= 0.3 is 6.18 Å². The summed E-state index contributed by atoms with van der Waals surface area (Å²) in [4.78, 5) is 14.9. The number of nitrogens with zero attached hydrogens (tertiary/aromatic N) is 1. The minimum Gasteiger partial charge on any atom is -0.309 e. The molecule has 10 heteroatoms. The average molecular weight is 331 g/mol. The Morgan fingerprint density at radius 3 is 2.55 bits per heavy atom. The van der Waals surface area contributed by atoms with Crippen LogP contribution < -0.4 is 5.32 Å². The first-order chi connectivity index (χ1) is 9.00. The summed E-state index contributed by atoms with van der Waals surface area (Å²) in [5, 5.41) is 1.31. The molecule has 1 heterocycles. The molecule has 0 bridgehead atoms. The minimum absolute atomic E-state index is 0.396. The maximum Gasteiger partial charge on any atom is 0.418 e. The van der Waals surface area contributed by atoms with Crippen molar-refractivity contribution >= 4 is 33.2 Å². The van der Waals surface area contributed by atoms with Crippen molar-refractivity contribution in [1.82, 2.24) is 4.98 Å². The van der Waals surface area contributed by atoms with Gasteiger partial charge in [0.15, 0.2) is 5.82 Å². The highest BCUT2D eigenvalue weighted by molar-refractivity contribution is 7.90. The Balaban J connectivity index is 2.86. The lowest BCUT2D eigenvalue weighted by Crippen LogP contribution is -2.18.